The van der Waals surface area contributed by atoms with Crippen LogP contribution in [0.15, 0.2) is 105 Å². The first kappa shape index (κ1) is 45.0. The zero-order valence-electron chi connectivity index (χ0n) is 31.7. The molecule has 2 aliphatic rings. The molecule has 2 atom stereocenters. The summed E-state index contributed by atoms with van der Waals surface area (Å²) in [5.74, 6) is 5.52. The highest BCUT2D eigenvalue weighted by molar-refractivity contribution is 7.87. The van der Waals surface area contributed by atoms with E-state index in [-0.39, 0.29) is 56.0 Å². The second-order valence-electron chi connectivity index (χ2n) is 13.6. The van der Waals surface area contributed by atoms with Crippen LogP contribution in [0, 0.1) is 0 Å². The van der Waals surface area contributed by atoms with Crippen LogP contribution >= 0.6 is 0 Å². The van der Waals surface area contributed by atoms with Crippen molar-refractivity contribution in [3.63, 3.8) is 0 Å². The number of fused-ring (bicyclic) bond motifs is 2. The molecule has 2 amide bonds. The van der Waals surface area contributed by atoms with Crippen LogP contribution in [0.3, 0.4) is 0 Å². The van der Waals surface area contributed by atoms with Crippen molar-refractivity contribution in [3.05, 3.63) is 118 Å². The summed E-state index contributed by atoms with van der Waals surface area (Å²) in [6.07, 6.45) is -12.7. The molecular formula is C38H30F6N6O10S2. The number of ether oxygens (including phenoxy) is 2. The van der Waals surface area contributed by atoms with E-state index < -0.39 is 89.6 Å². The van der Waals surface area contributed by atoms with Gasteiger partial charge in [-0.1, -0.05) is 72.8 Å². The van der Waals surface area contributed by atoms with Crippen molar-refractivity contribution in [2.75, 3.05) is 14.2 Å². The van der Waals surface area contributed by atoms with Crippen LogP contribution in [0.4, 0.5) is 26.3 Å². The van der Waals surface area contributed by atoms with Gasteiger partial charge in [-0.3, -0.25) is 18.7 Å². The second-order valence-corrected chi connectivity index (χ2v) is 16.9. The summed E-state index contributed by atoms with van der Waals surface area (Å²) in [7, 11) is -8.46. The van der Waals surface area contributed by atoms with E-state index >= 15 is 0 Å². The lowest BCUT2D eigenvalue weighted by molar-refractivity contribution is -0.169. The molecule has 0 fully saturated rings. The Morgan fingerprint density at radius 3 is 1.23 bits per heavy atom. The smallest absolute Gasteiger partial charge is 0.473 e. The fourth-order valence-corrected chi connectivity index (χ4v) is 10.1. The molecule has 6 N–H and O–H groups in total. The molecule has 2 unspecified atom stereocenters. The maximum Gasteiger partial charge on any atom is 0.473 e. The van der Waals surface area contributed by atoms with Crippen LogP contribution in [0.1, 0.15) is 46.2 Å². The number of nitrogens with zero attached hydrogens (tertiary/aromatic N) is 4. The first-order valence-electron chi connectivity index (χ1n) is 17.4. The Kier molecular flexibility index (Phi) is 11.4. The molecule has 326 valence electrons. The molecular weight excluding hydrogens is 879 g/mol. The first-order valence-corrected chi connectivity index (χ1v) is 20.2. The van der Waals surface area contributed by atoms with Crippen molar-refractivity contribution in [1.82, 2.24) is 0 Å². The summed E-state index contributed by atoms with van der Waals surface area (Å²) >= 11 is 0. The number of halogens is 6. The van der Waals surface area contributed by atoms with Crippen LogP contribution in [-0.4, -0.2) is 87.2 Å². The minimum absolute atomic E-state index is 0.213. The average molecular weight is 909 g/mol. The topological polar surface area (TPSA) is 263 Å². The van der Waals surface area contributed by atoms with Gasteiger partial charge in [0.2, 0.25) is 0 Å². The summed E-state index contributed by atoms with van der Waals surface area (Å²) in [6, 6.07) is 17.6. The number of hydrogen-bond donors (Lipinski definition) is 4. The standard InChI is InChI=1S/C38H30F6N6O10S2/c1-59-29-15-19(11-13-25(29)35(61(53,54)55)17-27(49-45)31(47-33(51)37(39,40)41)21-7-3-5-9-23(21)35)20-12-14-26(30(16-20)60-2)36(62(56,57)58)18-28(50-46)32(48-34(52)38(42,43)44)22-8-4-6-10-24(22)36/h3-16H,17-18,45-46H2,1-2H3,(H,53,54,55)(H,56,57,58). The molecule has 16 nitrogen and oxygen atoms in total. The van der Waals surface area contributed by atoms with E-state index in [0.717, 1.165) is 26.4 Å². The van der Waals surface area contributed by atoms with Gasteiger partial charge in [-0.05, 0) is 34.4 Å². The van der Waals surface area contributed by atoms with Gasteiger partial charge >= 0.3 is 24.2 Å². The molecule has 62 heavy (non-hydrogen) atoms. The minimum Gasteiger partial charge on any atom is -0.496 e. The zero-order valence-corrected chi connectivity index (χ0v) is 33.3. The molecule has 0 aromatic heterocycles. The predicted molar refractivity (Wildman–Crippen MR) is 210 cm³/mol. The molecule has 0 saturated heterocycles. The number of hydrazone groups is 2. The lowest BCUT2D eigenvalue weighted by Gasteiger charge is -2.38. The Hall–Kier alpha value is -6.50. The van der Waals surface area contributed by atoms with E-state index in [1.54, 1.807) is 0 Å². The average Bonchev–Trinajstić information content (AvgIpc) is 3.21. The third kappa shape index (κ3) is 7.36. The predicted octanol–water partition coefficient (Wildman–Crippen LogP) is 4.83. The number of methoxy groups -OCH3 is 2. The highest BCUT2D eigenvalue weighted by atomic mass is 32.2. The van der Waals surface area contributed by atoms with Crippen molar-refractivity contribution < 1.29 is 71.3 Å². The van der Waals surface area contributed by atoms with E-state index in [2.05, 4.69) is 20.2 Å². The van der Waals surface area contributed by atoms with Crippen molar-refractivity contribution >= 4 is 54.9 Å². The largest absolute Gasteiger partial charge is 0.496 e. The SMILES string of the molecule is COc1cc(-c2ccc(C3(S(=O)(=O)O)CC(=NN)C(=NC(=O)C(F)(F)F)c4ccccc43)c(OC)c2)ccc1C1(S(=O)(=O)O)CC(=NN)C(=NC(=O)C(F)(F)F)c2ccccc21. The second kappa shape index (κ2) is 15.8. The maximum atomic E-state index is 13.6. The number of aliphatic imine (C=N–C) groups is 2. The van der Waals surface area contributed by atoms with Crippen molar-refractivity contribution in [1.29, 1.82) is 0 Å². The van der Waals surface area contributed by atoms with Gasteiger partial charge in [0.25, 0.3) is 20.2 Å². The van der Waals surface area contributed by atoms with Crippen LogP contribution in [-0.2, 0) is 39.3 Å². The lowest BCUT2D eigenvalue weighted by Crippen LogP contribution is -2.46. The van der Waals surface area contributed by atoms with E-state index in [0.29, 0.717) is 0 Å². The summed E-state index contributed by atoms with van der Waals surface area (Å²) < 4.78 is 162. The molecule has 2 aliphatic carbocycles. The number of amides is 2. The molecule has 4 aromatic carbocycles. The summed E-state index contributed by atoms with van der Waals surface area (Å²) in [5, 5.41) is 6.90. The van der Waals surface area contributed by atoms with Crippen molar-refractivity contribution in [3.8, 4) is 22.6 Å². The monoisotopic (exact) mass is 908 g/mol. The fraction of sp³-hybridized carbons (Fsp3) is 0.211. The molecule has 0 bridgehead atoms. The number of nitrogens with two attached hydrogens (primary N) is 2. The van der Waals surface area contributed by atoms with E-state index in [1.165, 1.54) is 72.8 Å². The lowest BCUT2D eigenvalue weighted by atomic mass is 9.75. The molecule has 6 rings (SSSR count). The van der Waals surface area contributed by atoms with Crippen LogP contribution < -0.4 is 21.2 Å². The van der Waals surface area contributed by atoms with E-state index in [4.69, 9.17) is 21.2 Å². The molecule has 4 aromatic rings. The highest BCUT2D eigenvalue weighted by Gasteiger charge is 2.56. The van der Waals surface area contributed by atoms with Gasteiger partial charge < -0.3 is 21.2 Å². The van der Waals surface area contributed by atoms with E-state index in [9.17, 15) is 61.9 Å². The Labute approximate surface area is 347 Å². The number of carbonyl (C=O) groups excluding carboxylic acids is 2. The summed E-state index contributed by atoms with van der Waals surface area (Å²) in [6.45, 7) is 0. The fourth-order valence-electron chi connectivity index (χ4n) is 7.64. The van der Waals surface area contributed by atoms with Crippen molar-refractivity contribution in [2.24, 2.45) is 31.9 Å². The van der Waals surface area contributed by atoms with Crippen LogP contribution in [0.2, 0.25) is 0 Å². The first-order chi connectivity index (χ1) is 28.9. The highest BCUT2D eigenvalue weighted by Crippen LogP contribution is 2.52. The zero-order chi connectivity index (χ0) is 45.8. The van der Waals surface area contributed by atoms with Gasteiger partial charge in [-0.2, -0.15) is 53.4 Å². The summed E-state index contributed by atoms with van der Waals surface area (Å²) in [5.41, 5.74) is -4.03. The van der Waals surface area contributed by atoms with Gasteiger partial charge in [0.1, 0.15) is 11.5 Å². The van der Waals surface area contributed by atoms with Crippen LogP contribution in [0.5, 0.6) is 11.5 Å². The molecule has 0 heterocycles. The molecule has 0 aliphatic heterocycles. The van der Waals surface area contributed by atoms with Crippen molar-refractivity contribution in [2.45, 2.75) is 34.7 Å². The van der Waals surface area contributed by atoms with Crippen LogP contribution in [0.25, 0.3) is 11.1 Å². The number of rotatable bonds is 7. The number of hydrogen-bond acceptors (Lipinski definition) is 12. The van der Waals surface area contributed by atoms with Gasteiger partial charge in [0, 0.05) is 35.1 Å². The third-order valence-corrected chi connectivity index (χ3v) is 13.3. The van der Waals surface area contributed by atoms with E-state index in [1.807, 2.05) is 0 Å². The Morgan fingerprint density at radius 2 is 0.935 bits per heavy atom. The Bertz CT molecular complexity index is 2700. The number of carbonyl (C=O) groups is 2. The van der Waals surface area contributed by atoms with Gasteiger partial charge in [0.15, 0.2) is 9.49 Å². The third-order valence-electron chi connectivity index (χ3n) is 10.3. The molecule has 0 spiro atoms. The number of benzene rings is 4. The Balaban J connectivity index is 1.55. The normalized spacial score (nSPS) is 22.0. The number of alkyl halides is 6. The Morgan fingerprint density at radius 1 is 0.597 bits per heavy atom. The quantitative estimate of drug-likeness (QED) is 0.0842. The minimum atomic E-state index is -5.42. The maximum absolute atomic E-state index is 13.6. The summed E-state index contributed by atoms with van der Waals surface area (Å²) in [4.78, 5) is 30.3. The van der Waals surface area contributed by atoms with Gasteiger partial charge in [0.05, 0.1) is 37.1 Å². The molecule has 0 saturated carbocycles. The molecule has 24 heteroatoms. The van der Waals surface area contributed by atoms with Gasteiger partial charge in [-0.25, -0.2) is 9.98 Å². The van der Waals surface area contributed by atoms with Gasteiger partial charge in [-0.15, -0.1) is 0 Å². The molecule has 0 radical (unpaired) electrons.